The maximum atomic E-state index is 6.05. The Morgan fingerprint density at radius 1 is 1.47 bits per heavy atom. The van der Waals surface area contributed by atoms with Crippen molar-refractivity contribution in [1.29, 1.82) is 0 Å². The number of alkyl halides is 1. The molecule has 2 nitrogen and oxygen atoms in total. The van der Waals surface area contributed by atoms with E-state index >= 15 is 0 Å². The van der Waals surface area contributed by atoms with Gasteiger partial charge in [0.1, 0.15) is 0 Å². The van der Waals surface area contributed by atoms with Crippen LogP contribution in [0.1, 0.15) is 11.9 Å². The van der Waals surface area contributed by atoms with E-state index < -0.39 is 6.29 Å². The molecule has 2 atom stereocenters. The molecule has 2 rings (SSSR count). The topological polar surface area (TPSA) is 18.5 Å². The fourth-order valence-corrected chi connectivity index (χ4v) is 2.13. The van der Waals surface area contributed by atoms with Crippen LogP contribution in [-0.4, -0.2) is 18.6 Å². The van der Waals surface area contributed by atoms with Crippen LogP contribution in [-0.2, 0) is 9.47 Å². The highest BCUT2D eigenvalue weighted by atomic mass is 79.9. The lowest BCUT2D eigenvalue weighted by Crippen LogP contribution is -2.10. The number of benzene rings is 1. The van der Waals surface area contributed by atoms with Gasteiger partial charge in [0.25, 0.3) is 0 Å². The van der Waals surface area contributed by atoms with E-state index in [0.29, 0.717) is 17.5 Å². The van der Waals surface area contributed by atoms with E-state index in [4.69, 9.17) is 32.7 Å². The molecule has 0 saturated carbocycles. The molecular weight excluding hydrogens is 303 g/mol. The Kier molecular flexibility index (Phi) is 3.91. The van der Waals surface area contributed by atoms with Gasteiger partial charge >= 0.3 is 0 Å². The average molecular weight is 312 g/mol. The molecule has 1 aromatic rings. The quantitative estimate of drug-likeness (QED) is 0.774. The predicted octanol–water partition coefficient (Wildman–Crippen LogP) is 3.76. The van der Waals surface area contributed by atoms with Gasteiger partial charge in [-0.3, -0.25) is 0 Å². The van der Waals surface area contributed by atoms with Crippen LogP contribution in [0, 0.1) is 0 Å². The van der Waals surface area contributed by atoms with Gasteiger partial charge in [0, 0.05) is 15.1 Å². The summed E-state index contributed by atoms with van der Waals surface area (Å²) in [6.45, 7) is 0.511. The van der Waals surface area contributed by atoms with Crippen LogP contribution in [0.5, 0.6) is 0 Å². The summed E-state index contributed by atoms with van der Waals surface area (Å²) in [7, 11) is 0. The van der Waals surface area contributed by atoms with Crippen LogP contribution in [0.15, 0.2) is 22.7 Å². The second-order valence-electron chi connectivity index (χ2n) is 3.24. The highest BCUT2D eigenvalue weighted by molar-refractivity contribution is 9.10. The van der Waals surface area contributed by atoms with Gasteiger partial charge in [-0.1, -0.05) is 27.5 Å². The fourth-order valence-electron chi connectivity index (χ4n) is 1.39. The molecule has 5 heteroatoms. The Labute approximate surface area is 107 Å². The number of hydrogen-bond acceptors (Lipinski definition) is 2. The van der Waals surface area contributed by atoms with Crippen molar-refractivity contribution in [1.82, 2.24) is 0 Å². The first-order chi connectivity index (χ1) is 7.20. The van der Waals surface area contributed by atoms with Crippen LogP contribution < -0.4 is 0 Å². The lowest BCUT2D eigenvalue weighted by molar-refractivity contribution is -0.0566. The molecule has 0 radical (unpaired) electrons. The van der Waals surface area contributed by atoms with Crippen molar-refractivity contribution in [2.45, 2.75) is 12.4 Å². The summed E-state index contributed by atoms with van der Waals surface area (Å²) in [5, 5.41) is 0.637. The third-order valence-corrected chi connectivity index (χ3v) is 3.32. The van der Waals surface area contributed by atoms with Crippen LogP contribution in [0.3, 0.4) is 0 Å². The molecule has 0 N–H and O–H groups in total. The summed E-state index contributed by atoms with van der Waals surface area (Å²) >= 11 is 15.1. The molecule has 1 fully saturated rings. The Bertz CT molecular complexity index is 359. The van der Waals surface area contributed by atoms with E-state index in [9.17, 15) is 0 Å². The monoisotopic (exact) mass is 310 g/mol. The summed E-state index contributed by atoms with van der Waals surface area (Å²) in [5.41, 5.74) is 0.832. The Balaban J connectivity index is 2.19. The minimum absolute atomic E-state index is 0.0493. The molecule has 1 aliphatic heterocycles. The second kappa shape index (κ2) is 5.02. The number of hydrogen-bond donors (Lipinski definition) is 0. The minimum atomic E-state index is -0.404. The zero-order valence-corrected chi connectivity index (χ0v) is 10.8. The molecule has 15 heavy (non-hydrogen) atoms. The largest absolute Gasteiger partial charge is 0.346 e. The molecule has 0 aromatic heterocycles. The molecule has 1 aromatic carbocycles. The first kappa shape index (κ1) is 11.7. The molecule has 2 unspecified atom stereocenters. The Morgan fingerprint density at radius 2 is 2.27 bits per heavy atom. The Hall–Kier alpha value is 0.200. The summed E-state index contributed by atoms with van der Waals surface area (Å²) in [5.74, 6) is 0.433. The van der Waals surface area contributed by atoms with Gasteiger partial charge in [-0.05, 0) is 18.2 Å². The van der Waals surface area contributed by atoms with Crippen LogP contribution >= 0.6 is 39.1 Å². The highest BCUT2D eigenvalue weighted by Crippen LogP contribution is 2.33. The van der Waals surface area contributed by atoms with Crippen molar-refractivity contribution in [2.75, 3.05) is 12.5 Å². The zero-order chi connectivity index (χ0) is 10.8. The SMILES string of the molecule is ClCC1COC(c2cc(Br)ccc2Cl)O1. The lowest BCUT2D eigenvalue weighted by Gasteiger charge is -2.12. The molecule has 0 amide bonds. The number of halogens is 3. The normalized spacial score (nSPS) is 25.8. The van der Waals surface area contributed by atoms with E-state index in [-0.39, 0.29) is 6.10 Å². The molecule has 1 heterocycles. The summed E-state index contributed by atoms with van der Waals surface area (Å²) in [6, 6.07) is 5.57. The van der Waals surface area contributed by atoms with Gasteiger partial charge in [0.15, 0.2) is 6.29 Å². The van der Waals surface area contributed by atoms with E-state index in [2.05, 4.69) is 15.9 Å². The van der Waals surface area contributed by atoms with Gasteiger partial charge in [0.2, 0.25) is 0 Å². The second-order valence-corrected chi connectivity index (χ2v) is 4.87. The zero-order valence-electron chi connectivity index (χ0n) is 7.75. The van der Waals surface area contributed by atoms with Gasteiger partial charge in [-0.2, -0.15) is 0 Å². The maximum absolute atomic E-state index is 6.05. The number of rotatable bonds is 2. The van der Waals surface area contributed by atoms with Gasteiger partial charge < -0.3 is 9.47 Å². The van der Waals surface area contributed by atoms with Crippen molar-refractivity contribution in [3.8, 4) is 0 Å². The summed E-state index contributed by atoms with van der Waals surface area (Å²) in [6.07, 6.45) is -0.453. The van der Waals surface area contributed by atoms with Crippen LogP contribution in [0.4, 0.5) is 0 Å². The molecule has 0 spiro atoms. The van der Waals surface area contributed by atoms with Crippen molar-refractivity contribution in [3.63, 3.8) is 0 Å². The van der Waals surface area contributed by atoms with E-state index in [1.54, 1.807) is 0 Å². The first-order valence-corrected chi connectivity index (χ1v) is 6.19. The third-order valence-electron chi connectivity index (χ3n) is 2.13. The standard InChI is InChI=1S/C10H9BrCl2O2/c11-6-1-2-9(13)8(3-6)10-14-5-7(4-12)15-10/h1-3,7,10H,4-5H2. The van der Waals surface area contributed by atoms with E-state index in [1.165, 1.54) is 0 Å². The van der Waals surface area contributed by atoms with Crippen LogP contribution in [0.2, 0.25) is 5.02 Å². The molecule has 82 valence electrons. The van der Waals surface area contributed by atoms with E-state index in [0.717, 1.165) is 10.0 Å². The van der Waals surface area contributed by atoms with Crippen molar-refractivity contribution < 1.29 is 9.47 Å². The lowest BCUT2D eigenvalue weighted by atomic mass is 10.2. The summed E-state index contributed by atoms with van der Waals surface area (Å²) in [4.78, 5) is 0. The van der Waals surface area contributed by atoms with Crippen molar-refractivity contribution in [3.05, 3.63) is 33.3 Å². The maximum Gasteiger partial charge on any atom is 0.185 e. The average Bonchev–Trinajstić information content (AvgIpc) is 2.70. The van der Waals surface area contributed by atoms with Gasteiger partial charge in [-0.25, -0.2) is 0 Å². The third kappa shape index (κ3) is 2.66. The molecule has 1 saturated heterocycles. The predicted molar refractivity (Wildman–Crippen MR) is 63.4 cm³/mol. The minimum Gasteiger partial charge on any atom is -0.346 e. The molecule has 1 aliphatic rings. The molecule has 0 aliphatic carbocycles. The molecule has 0 bridgehead atoms. The van der Waals surface area contributed by atoms with Gasteiger partial charge in [-0.15, -0.1) is 11.6 Å². The first-order valence-electron chi connectivity index (χ1n) is 4.48. The summed E-state index contributed by atoms with van der Waals surface area (Å²) < 4.78 is 12.0. The van der Waals surface area contributed by atoms with Crippen LogP contribution in [0.25, 0.3) is 0 Å². The van der Waals surface area contributed by atoms with Gasteiger partial charge in [0.05, 0.1) is 18.6 Å². The highest BCUT2D eigenvalue weighted by Gasteiger charge is 2.28. The smallest absolute Gasteiger partial charge is 0.185 e. The van der Waals surface area contributed by atoms with Crippen molar-refractivity contribution >= 4 is 39.1 Å². The number of ether oxygens (including phenoxy) is 2. The molecular formula is C10H9BrCl2O2. The fraction of sp³-hybridized carbons (Fsp3) is 0.400. The Morgan fingerprint density at radius 3 is 2.93 bits per heavy atom. The van der Waals surface area contributed by atoms with Crippen molar-refractivity contribution in [2.24, 2.45) is 0 Å². The van der Waals surface area contributed by atoms with E-state index in [1.807, 2.05) is 18.2 Å².